The molecule has 1 fully saturated rings. The fourth-order valence-electron chi connectivity index (χ4n) is 4.07. The third kappa shape index (κ3) is 5.77. The van der Waals surface area contributed by atoms with Gasteiger partial charge in [0.25, 0.3) is 10.0 Å². The van der Waals surface area contributed by atoms with Crippen LogP contribution in [0.1, 0.15) is 34.8 Å². The van der Waals surface area contributed by atoms with Crippen LogP contribution in [0.25, 0.3) is 11.3 Å². The zero-order valence-electron chi connectivity index (χ0n) is 20.8. The Labute approximate surface area is 232 Å². The maximum absolute atomic E-state index is 13.8. The van der Waals surface area contributed by atoms with Crippen LogP contribution in [0, 0.1) is 18.6 Å². The number of sulfonamides is 1. The molecule has 39 heavy (non-hydrogen) atoms. The van der Waals surface area contributed by atoms with E-state index in [2.05, 4.69) is 20.0 Å². The smallest absolute Gasteiger partial charge is 0.281 e. The first-order valence-corrected chi connectivity index (χ1v) is 14.5. The highest BCUT2D eigenvalue weighted by Crippen LogP contribution is 2.48. The maximum Gasteiger partial charge on any atom is 0.281 e. The number of hydrogen-bond donors (Lipinski definition) is 3. The van der Waals surface area contributed by atoms with Gasteiger partial charge in [0, 0.05) is 28.6 Å². The molecule has 0 radical (unpaired) electrons. The lowest BCUT2D eigenvalue weighted by Crippen LogP contribution is -2.16. The number of phenolic OH excluding ortho intramolecular Hbond substituents is 1. The third-order valence-electron chi connectivity index (χ3n) is 6.12. The Balaban J connectivity index is 1.36. The van der Waals surface area contributed by atoms with Gasteiger partial charge in [-0.05, 0) is 61.6 Å². The van der Waals surface area contributed by atoms with Crippen molar-refractivity contribution >= 4 is 43.8 Å². The molecule has 0 amide bonds. The molecule has 2 aromatic carbocycles. The highest BCUT2D eigenvalue weighted by Gasteiger charge is 2.31. The Morgan fingerprint density at radius 2 is 1.97 bits per heavy atom. The summed E-state index contributed by atoms with van der Waals surface area (Å²) in [6.07, 6.45) is 3.26. The molecular formula is C26H23ClF2N4O4S2. The van der Waals surface area contributed by atoms with E-state index in [-0.39, 0.29) is 44.7 Å². The molecular weight excluding hydrogens is 570 g/mol. The Bertz CT molecular complexity index is 1680. The number of aromatic hydroxyl groups is 1. The van der Waals surface area contributed by atoms with Gasteiger partial charge in [0.2, 0.25) is 0 Å². The van der Waals surface area contributed by atoms with Crippen LogP contribution in [0.2, 0.25) is 5.02 Å². The summed E-state index contributed by atoms with van der Waals surface area (Å²) in [7, 11) is -2.76. The third-order valence-corrected chi connectivity index (χ3v) is 9.07. The first-order chi connectivity index (χ1) is 18.6. The van der Waals surface area contributed by atoms with Crippen molar-refractivity contribution in [3.63, 3.8) is 0 Å². The number of nitrogens with one attached hydrogen (secondary N) is 2. The molecule has 0 saturated heterocycles. The first-order valence-electron chi connectivity index (χ1n) is 11.8. The summed E-state index contributed by atoms with van der Waals surface area (Å²) < 4.78 is 61.4. The predicted molar refractivity (Wildman–Crippen MR) is 146 cm³/mol. The zero-order chi connectivity index (χ0) is 27.9. The van der Waals surface area contributed by atoms with E-state index in [0.717, 1.165) is 23.8 Å². The molecule has 0 spiro atoms. The number of phenols is 1. The first kappa shape index (κ1) is 27.1. The SMILES string of the molecule is COc1cc(F)cc(CNc2cnc(S(=O)(=O)Nc3nc(-c4ccc(F)c(Cl)c4)c(C4CC4)s3)c(C)c2)c1O. The summed E-state index contributed by atoms with van der Waals surface area (Å²) in [6.45, 7) is 1.64. The van der Waals surface area contributed by atoms with Crippen molar-refractivity contribution in [3.8, 4) is 22.8 Å². The zero-order valence-corrected chi connectivity index (χ0v) is 23.1. The molecule has 3 N–H and O–H groups in total. The van der Waals surface area contributed by atoms with Crippen molar-refractivity contribution in [1.29, 1.82) is 0 Å². The van der Waals surface area contributed by atoms with Gasteiger partial charge >= 0.3 is 0 Å². The molecule has 4 aromatic rings. The Morgan fingerprint density at radius 3 is 2.64 bits per heavy atom. The number of nitrogens with zero attached hydrogens (tertiary/aromatic N) is 2. The lowest BCUT2D eigenvalue weighted by Gasteiger charge is -2.13. The highest BCUT2D eigenvalue weighted by atomic mass is 35.5. The maximum atomic E-state index is 13.8. The molecule has 1 aliphatic rings. The van der Waals surface area contributed by atoms with Crippen molar-refractivity contribution in [3.05, 3.63) is 75.3 Å². The van der Waals surface area contributed by atoms with Gasteiger partial charge < -0.3 is 15.2 Å². The van der Waals surface area contributed by atoms with Crippen LogP contribution in [-0.2, 0) is 16.6 Å². The molecule has 1 aliphatic carbocycles. The van der Waals surface area contributed by atoms with E-state index in [1.165, 1.54) is 42.8 Å². The van der Waals surface area contributed by atoms with Crippen LogP contribution >= 0.6 is 22.9 Å². The van der Waals surface area contributed by atoms with Crippen LogP contribution < -0.4 is 14.8 Å². The predicted octanol–water partition coefficient (Wildman–Crippen LogP) is 6.45. The van der Waals surface area contributed by atoms with E-state index in [1.54, 1.807) is 19.1 Å². The van der Waals surface area contributed by atoms with Crippen LogP contribution in [-0.4, -0.2) is 30.6 Å². The lowest BCUT2D eigenvalue weighted by atomic mass is 10.1. The summed E-state index contributed by atoms with van der Waals surface area (Å²) in [4.78, 5) is 9.55. The van der Waals surface area contributed by atoms with Gasteiger partial charge in [-0.3, -0.25) is 4.72 Å². The van der Waals surface area contributed by atoms with Crippen LogP contribution in [0.4, 0.5) is 19.6 Å². The van der Waals surface area contributed by atoms with Gasteiger partial charge in [-0.15, -0.1) is 11.3 Å². The van der Waals surface area contributed by atoms with Gasteiger partial charge in [-0.25, -0.2) is 18.7 Å². The largest absolute Gasteiger partial charge is 0.504 e. The van der Waals surface area contributed by atoms with E-state index >= 15 is 0 Å². The number of hydrogen-bond acceptors (Lipinski definition) is 8. The summed E-state index contributed by atoms with van der Waals surface area (Å²) in [5.41, 5.74) is 2.27. The molecule has 204 valence electrons. The average molecular weight is 593 g/mol. The number of anilines is 2. The average Bonchev–Trinajstić information content (AvgIpc) is 3.65. The second kappa shape index (κ2) is 10.6. The molecule has 2 heterocycles. The van der Waals surface area contributed by atoms with Gasteiger partial charge in [0.1, 0.15) is 11.6 Å². The van der Waals surface area contributed by atoms with E-state index in [9.17, 15) is 22.3 Å². The fourth-order valence-corrected chi connectivity index (χ4v) is 6.80. The van der Waals surface area contributed by atoms with Gasteiger partial charge in [0.05, 0.1) is 29.7 Å². The van der Waals surface area contributed by atoms with E-state index in [1.807, 2.05) is 0 Å². The number of aromatic nitrogens is 2. The van der Waals surface area contributed by atoms with E-state index < -0.39 is 21.7 Å². The Kier molecular flexibility index (Phi) is 7.36. The number of pyridine rings is 1. The quantitative estimate of drug-likeness (QED) is 0.205. The molecule has 0 aliphatic heterocycles. The van der Waals surface area contributed by atoms with Gasteiger partial charge in [-0.2, -0.15) is 8.42 Å². The summed E-state index contributed by atoms with van der Waals surface area (Å²) in [5.74, 6) is -1.04. The highest BCUT2D eigenvalue weighted by molar-refractivity contribution is 7.92. The fraction of sp³-hybridized carbons (Fsp3) is 0.231. The van der Waals surface area contributed by atoms with Crippen molar-refractivity contribution in [2.24, 2.45) is 0 Å². The van der Waals surface area contributed by atoms with Crippen molar-refractivity contribution in [2.45, 2.75) is 37.3 Å². The molecule has 1 saturated carbocycles. The Morgan fingerprint density at radius 1 is 1.21 bits per heavy atom. The second-order valence-corrected chi connectivity index (χ2v) is 12.1. The topological polar surface area (TPSA) is 113 Å². The number of ether oxygens (including phenoxy) is 1. The van der Waals surface area contributed by atoms with Crippen molar-refractivity contribution in [1.82, 2.24) is 9.97 Å². The minimum Gasteiger partial charge on any atom is -0.504 e. The molecule has 13 heteroatoms. The number of benzene rings is 2. The number of thiazole rings is 1. The number of aryl methyl sites for hydroxylation is 1. The number of rotatable bonds is 9. The molecule has 0 unspecified atom stereocenters. The Hall–Kier alpha value is -3.48. The second-order valence-electron chi connectivity index (χ2n) is 9.06. The molecule has 2 aromatic heterocycles. The molecule has 8 nitrogen and oxygen atoms in total. The van der Waals surface area contributed by atoms with Crippen LogP contribution in [0.3, 0.4) is 0 Å². The lowest BCUT2D eigenvalue weighted by molar-refractivity contribution is 0.367. The summed E-state index contributed by atoms with van der Waals surface area (Å²) in [6, 6.07) is 8.13. The van der Waals surface area contributed by atoms with Gasteiger partial charge in [0.15, 0.2) is 21.7 Å². The summed E-state index contributed by atoms with van der Waals surface area (Å²) in [5, 5.41) is 13.2. The van der Waals surface area contributed by atoms with Crippen LogP contribution in [0.5, 0.6) is 11.5 Å². The normalized spacial score (nSPS) is 13.4. The number of methoxy groups -OCH3 is 1. The number of halogens is 3. The molecule has 0 atom stereocenters. The summed E-state index contributed by atoms with van der Waals surface area (Å²) >= 11 is 7.20. The van der Waals surface area contributed by atoms with E-state index in [0.29, 0.717) is 22.5 Å². The van der Waals surface area contributed by atoms with Crippen molar-refractivity contribution in [2.75, 3.05) is 17.1 Å². The standard InChI is InChI=1S/C26H23ClF2N4O4S2/c1-13-7-18(30-11-16-8-17(28)10-21(37-2)23(16)34)12-31-25(13)39(35,36)33-26-32-22(24(38-26)14-3-4-14)15-5-6-20(29)19(27)9-15/h5-10,12,14,30,34H,3-4,11H2,1-2H3,(H,32,33). The van der Waals surface area contributed by atoms with Crippen molar-refractivity contribution < 1.29 is 27.0 Å². The minimum atomic E-state index is -4.09. The minimum absolute atomic E-state index is 0.00586. The monoisotopic (exact) mass is 592 g/mol. The van der Waals surface area contributed by atoms with E-state index in [4.69, 9.17) is 16.3 Å². The molecule has 5 rings (SSSR count). The van der Waals surface area contributed by atoms with Gasteiger partial charge in [-0.1, -0.05) is 11.6 Å². The molecule has 0 bridgehead atoms. The van der Waals surface area contributed by atoms with Crippen LogP contribution in [0.15, 0.2) is 47.6 Å².